The minimum atomic E-state index is -4.31. The van der Waals surface area contributed by atoms with Crippen LogP contribution in [0.25, 0.3) is 0 Å². The van der Waals surface area contributed by atoms with E-state index in [4.69, 9.17) is 9.47 Å². The van der Waals surface area contributed by atoms with Gasteiger partial charge in [0.15, 0.2) is 11.5 Å². The van der Waals surface area contributed by atoms with Crippen molar-refractivity contribution < 1.29 is 31.9 Å². The number of benzene rings is 4. The van der Waals surface area contributed by atoms with Gasteiger partial charge in [0.25, 0.3) is 10.0 Å². The summed E-state index contributed by atoms with van der Waals surface area (Å²) in [6.07, 6.45) is 0.165. The Morgan fingerprint density at radius 2 is 1.48 bits per heavy atom. The predicted octanol–water partition coefficient (Wildman–Crippen LogP) is 5.76. The third-order valence-corrected chi connectivity index (χ3v) is 9.55. The Hall–Kier alpha value is -4.90. The minimum absolute atomic E-state index is 0.0173. The van der Waals surface area contributed by atoms with Crippen LogP contribution in [0.15, 0.2) is 102 Å². The first-order valence-electron chi connectivity index (χ1n) is 15.6. The smallest absolute Gasteiger partial charge is 0.264 e. The fourth-order valence-corrected chi connectivity index (χ4v) is 6.52. The lowest BCUT2D eigenvalue weighted by molar-refractivity contribution is -0.140. The Bertz CT molecular complexity index is 1780. The van der Waals surface area contributed by atoms with Crippen molar-refractivity contribution in [2.24, 2.45) is 5.92 Å². The summed E-state index contributed by atoms with van der Waals surface area (Å²) in [6, 6.07) is 24.8. The number of aryl methyl sites for hydroxylation is 1. The number of carbonyl (C=O) groups excluding carboxylic acids is 2. The normalized spacial score (nSPS) is 11.9. The Labute approximate surface area is 282 Å². The number of sulfonamides is 1. The zero-order chi connectivity index (χ0) is 34.8. The number of rotatable bonds is 15. The van der Waals surface area contributed by atoms with E-state index in [0.29, 0.717) is 17.9 Å². The highest BCUT2D eigenvalue weighted by Crippen LogP contribution is 2.34. The number of halogens is 1. The first-order valence-corrected chi connectivity index (χ1v) is 17.0. The molecule has 0 saturated heterocycles. The van der Waals surface area contributed by atoms with Crippen LogP contribution in [-0.2, 0) is 32.6 Å². The molecule has 0 aliphatic carbocycles. The molecule has 1 N–H and O–H groups in total. The number of anilines is 1. The van der Waals surface area contributed by atoms with Crippen LogP contribution in [0.2, 0.25) is 0 Å². The van der Waals surface area contributed by atoms with Gasteiger partial charge in [-0.05, 0) is 60.4 Å². The van der Waals surface area contributed by atoms with Gasteiger partial charge in [0.1, 0.15) is 18.4 Å². The van der Waals surface area contributed by atoms with Gasteiger partial charge in [-0.25, -0.2) is 12.8 Å². The van der Waals surface area contributed by atoms with Crippen LogP contribution in [0.4, 0.5) is 10.1 Å². The highest BCUT2D eigenvalue weighted by molar-refractivity contribution is 7.92. The van der Waals surface area contributed by atoms with Crippen LogP contribution in [0.3, 0.4) is 0 Å². The van der Waals surface area contributed by atoms with Gasteiger partial charge in [-0.1, -0.05) is 74.0 Å². The number of amides is 2. The number of ether oxygens (including phenoxy) is 2. The zero-order valence-electron chi connectivity index (χ0n) is 27.9. The molecular formula is C37H42FN3O6S. The summed E-state index contributed by atoms with van der Waals surface area (Å²) in [5.74, 6) is -0.677. The van der Waals surface area contributed by atoms with Crippen molar-refractivity contribution in [3.8, 4) is 11.5 Å². The van der Waals surface area contributed by atoms with E-state index in [-0.39, 0.29) is 41.1 Å². The van der Waals surface area contributed by atoms with Gasteiger partial charge >= 0.3 is 0 Å². The van der Waals surface area contributed by atoms with Crippen LogP contribution in [0.1, 0.15) is 30.5 Å². The molecule has 0 aromatic heterocycles. The lowest BCUT2D eigenvalue weighted by Crippen LogP contribution is -2.53. The number of methoxy groups -OCH3 is 2. The number of nitrogens with zero attached hydrogens (tertiary/aromatic N) is 2. The van der Waals surface area contributed by atoms with E-state index < -0.39 is 34.3 Å². The second kappa shape index (κ2) is 16.3. The molecule has 0 bridgehead atoms. The molecule has 4 rings (SSSR count). The second-order valence-electron chi connectivity index (χ2n) is 11.9. The van der Waals surface area contributed by atoms with Crippen molar-refractivity contribution in [2.75, 3.05) is 31.6 Å². The van der Waals surface area contributed by atoms with Crippen molar-refractivity contribution in [2.45, 2.75) is 44.7 Å². The molecule has 4 aromatic rings. The van der Waals surface area contributed by atoms with E-state index in [0.717, 1.165) is 15.4 Å². The van der Waals surface area contributed by atoms with Crippen molar-refractivity contribution >= 4 is 27.5 Å². The van der Waals surface area contributed by atoms with Crippen LogP contribution in [0, 0.1) is 18.7 Å². The number of carbonyl (C=O) groups is 2. The van der Waals surface area contributed by atoms with Crippen LogP contribution in [-0.4, -0.2) is 58.5 Å². The van der Waals surface area contributed by atoms with Gasteiger partial charge in [-0.15, -0.1) is 0 Å². The predicted molar refractivity (Wildman–Crippen MR) is 184 cm³/mol. The van der Waals surface area contributed by atoms with E-state index >= 15 is 0 Å². The monoisotopic (exact) mass is 675 g/mol. The summed E-state index contributed by atoms with van der Waals surface area (Å²) < 4.78 is 54.3. The lowest BCUT2D eigenvalue weighted by atomic mass is 10.0. The van der Waals surface area contributed by atoms with E-state index in [2.05, 4.69) is 5.32 Å². The molecule has 254 valence electrons. The molecule has 0 fully saturated rings. The first-order chi connectivity index (χ1) is 22.9. The van der Waals surface area contributed by atoms with E-state index in [1.807, 2.05) is 51.1 Å². The molecule has 0 aliphatic rings. The van der Waals surface area contributed by atoms with Crippen LogP contribution >= 0.6 is 0 Å². The van der Waals surface area contributed by atoms with Crippen LogP contribution < -0.4 is 19.1 Å². The number of hydrogen-bond acceptors (Lipinski definition) is 6. The van der Waals surface area contributed by atoms with Gasteiger partial charge in [-0.2, -0.15) is 0 Å². The average Bonchev–Trinajstić information content (AvgIpc) is 3.08. The number of hydrogen-bond donors (Lipinski definition) is 1. The SMILES string of the molecule is COc1ccc(N(CC(=O)N(Cc2ccc(F)cc2)C(Cc2ccccc2)C(=O)NCC(C)C)S(=O)(=O)c2ccc(C)cc2)cc1OC. The third-order valence-electron chi connectivity index (χ3n) is 7.76. The molecule has 0 radical (unpaired) electrons. The van der Waals surface area contributed by atoms with E-state index in [9.17, 15) is 22.4 Å². The Balaban J connectivity index is 1.83. The summed E-state index contributed by atoms with van der Waals surface area (Å²) in [6.45, 7) is 5.43. The van der Waals surface area contributed by atoms with Crippen LogP contribution in [0.5, 0.6) is 11.5 Å². The molecule has 2 amide bonds. The highest BCUT2D eigenvalue weighted by Gasteiger charge is 2.35. The molecule has 0 aliphatic heterocycles. The Kier molecular flexibility index (Phi) is 12.2. The van der Waals surface area contributed by atoms with Gasteiger partial charge < -0.3 is 19.7 Å². The lowest BCUT2D eigenvalue weighted by Gasteiger charge is -2.34. The van der Waals surface area contributed by atoms with Crippen molar-refractivity contribution in [3.05, 3.63) is 120 Å². The fraction of sp³-hybridized carbons (Fsp3) is 0.297. The van der Waals surface area contributed by atoms with Crippen molar-refractivity contribution in [1.29, 1.82) is 0 Å². The molecule has 0 spiro atoms. The highest BCUT2D eigenvalue weighted by atomic mass is 32.2. The summed E-state index contributed by atoms with van der Waals surface area (Å²) in [7, 11) is -1.41. The molecule has 9 nitrogen and oxygen atoms in total. The average molecular weight is 676 g/mol. The molecule has 0 saturated carbocycles. The summed E-state index contributed by atoms with van der Waals surface area (Å²) in [4.78, 5) is 29.8. The Morgan fingerprint density at radius 1 is 0.833 bits per heavy atom. The standard InChI is InChI=1S/C37H42FN3O6S/c1-26(2)23-39-37(43)33(21-28-9-7-6-8-10-28)40(24-29-13-15-30(38)16-14-29)36(42)25-41(31-17-20-34(46-4)35(22-31)47-5)48(44,45)32-18-11-27(3)12-19-32/h6-20,22,26,33H,21,23-25H2,1-5H3,(H,39,43). The van der Waals surface area contributed by atoms with Gasteiger partial charge in [-0.3, -0.25) is 13.9 Å². The molecule has 0 heterocycles. The zero-order valence-corrected chi connectivity index (χ0v) is 28.7. The van der Waals surface area contributed by atoms with Crippen molar-refractivity contribution in [1.82, 2.24) is 10.2 Å². The molecule has 4 aromatic carbocycles. The van der Waals surface area contributed by atoms with Gasteiger partial charge in [0.2, 0.25) is 11.8 Å². The van der Waals surface area contributed by atoms with Gasteiger partial charge in [0.05, 0.1) is 24.8 Å². The van der Waals surface area contributed by atoms with Crippen molar-refractivity contribution in [3.63, 3.8) is 0 Å². The molecule has 1 unspecified atom stereocenters. The Morgan fingerprint density at radius 3 is 2.08 bits per heavy atom. The topological polar surface area (TPSA) is 105 Å². The summed E-state index contributed by atoms with van der Waals surface area (Å²) in [5.41, 5.74) is 2.40. The van der Waals surface area contributed by atoms with Gasteiger partial charge in [0, 0.05) is 25.6 Å². The molecule has 1 atom stereocenters. The molecule has 48 heavy (non-hydrogen) atoms. The largest absolute Gasteiger partial charge is 0.493 e. The van der Waals surface area contributed by atoms with E-state index in [1.165, 1.54) is 67.7 Å². The maximum atomic E-state index is 14.6. The maximum absolute atomic E-state index is 14.6. The summed E-state index contributed by atoms with van der Waals surface area (Å²) >= 11 is 0. The number of nitrogens with one attached hydrogen (secondary N) is 1. The fourth-order valence-electron chi connectivity index (χ4n) is 5.11. The maximum Gasteiger partial charge on any atom is 0.264 e. The molecular weight excluding hydrogens is 633 g/mol. The minimum Gasteiger partial charge on any atom is -0.493 e. The first kappa shape index (κ1) is 35.9. The molecule has 11 heteroatoms. The quantitative estimate of drug-likeness (QED) is 0.172. The second-order valence-corrected chi connectivity index (χ2v) is 13.7. The third kappa shape index (κ3) is 9.13. The summed E-state index contributed by atoms with van der Waals surface area (Å²) in [5, 5.41) is 2.95. The van der Waals surface area contributed by atoms with E-state index in [1.54, 1.807) is 18.2 Å².